The maximum atomic E-state index is 12.9. The minimum absolute atomic E-state index is 0.0237. The Kier molecular flexibility index (Phi) is 3.83. The van der Waals surface area contributed by atoms with E-state index in [0.29, 0.717) is 36.9 Å². The van der Waals surface area contributed by atoms with E-state index in [1.165, 1.54) is 4.52 Å². The molecule has 3 heterocycles. The van der Waals surface area contributed by atoms with Crippen molar-refractivity contribution in [3.8, 4) is 0 Å². The molecule has 0 radical (unpaired) electrons. The van der Waals surface area contributed by atoms with Gasteiger partial charge in [-0.1, -0.05) is 13.8 Å². The highest BCUT2D eigenvalue weighted by atomic mass is 16.5. The monoisotopic (exact) mass is 289 g/mol. The van der Waals surface area contributed by atoms with Gasteiger partial charge in [0.15, 0.2) is 5.65 Å². The molecule has 21 heavy (non-hydrogen) atoms. The number of aromatic nitrogens is 4. The number of morpholine rings is 1. The summed E-state index contributed by atoms with van der Waals surface area (Å²) in [6.45, 7) is 6.09. The molecule has 7 nitrogen and oxygen atoms in total. The highest BCUT2D eigenvalue weighted by Crippen LogP contribution is 2.19. The summed E-state index contributed by atoms with van der Waals surface area (Å²) in [5.41, 5.74) is 1.04. The lowest BCUT2D eigenvalue weighted by molar-refractivity contribution is -0.00739. The molecule has 1 saturated heterocycles. The standard InChI is InChI=1S/C14H19N5O2/c1-10(2)8-11-9-21-7-6-18(11)14(20)12-4-3-5-19-13(12)15-16-17-19/h3-5,10-11H,6-9H2,1-2H3/t11-/m0/s1. The van der Waals surface area contributed by atoms with Crippen LogP contribution in [0, 0.1) is 5.92 Å². The van der Waals surface area contributed by atoms with Crippen molar-refractivity contribution in [3.05, 3.63) is 23.9 Å². The number of hydrogen-bond donors (Lipinski definition) is 0. The van der Waals surface area contributed by atoms with E-state index in [9.17, 15) is 4.79 Å². The van der Waals surface area contributed by atoms with E-state index in [4.69, 9.17) is 4.74 Å². The summed E-state index contributed by atoms with van der Waals surface area (Å²) in [5.74, 6) is 0.488. The molecule has 0 saturated carbocycles. The first-order chi connectivity index (χ1) is 10.2. The minimum atomic E-state index is -0.0237. The number of carbonyl (C=O) groups excluding carboxylic acids is 1. The molecule has 0 unspecified atom stereocenters. The highest BCUT2D eigenvalue weighted by Gasteiger charge is 2.30. The Hall–Kier alpha value is -2.02. The van der Waals surface area contributed by atoms with E-state index >= 15 is 0 Å². The van der Waals surface area contributed by atoms with Gasteiger partial charge < -0.3 is 9.64 Å². The molecule has 7 heteroatoms. The molecule has 0 N–H and O–H groups in total. The van der Waals surface area contributed by atoms with Crippen molar-refractivity contribution in [1.82, 2.24) is 24.9 Å². The van der Waals surface area contributed by atoms with Crippen molar-refractivity contribution in [2.24, 2.45) is 5.92 Å². The normalized spacial score (nSPS) is 19.4. The van der Waals surface area contributed by atoms with E-state index < -0.39 is 0 Å². The van der Waals surface area contributed by atoms with E-state index in [0.717, 1.165) is 6.42 Å². The van der Waals surface area contributed by atoms with E-state index in [-0.39, 0.29) is 11.9 Å². The summed E-state index contributed by atoms with van der Waals surface area (Å²) in [6, 6.07) is 3.67. The number of fused-ring (bicyclic) bond motifs is 1. The van der Waals surface area contributed by atoms with Crippen LogP contribution >= 0.6 is 0 Å². The minimum Gasteiger partial charge on any atom is -0.377 e. The van der Waals surface area contributed by atoms with Gasteiger partial charge >= 0.3 is 0 Å². The molecule has 0 spiro atoms. The zero-order valence-electron chi connectivity index (χ0n) is 12.3. The van der Waals surface area contributed by atoms with Gasteiger partial charge in [-0.3, -0.25) is 4.79 Å². The van der Waals surface area contributed by atoms with E-state index in [2.05, 4.69) is 29.4 Å². The number of amides is 1. The molecule has 0 aromatic carbocycles. The zero-order chi connectivity index (χ0) is 14.8. The number of nitrogens with zero attached hydrogens (tertiary/aromatic N) is 5. The molecular formula is C14H19N5O2. The Morgan fingerprint density at radius 1 is 1.52 bits per heavy atom. The summed E-state index contributed by atoms with van der Waals surface area (Å²) in [5, 5.41) is 11.4. The third kappa shape index (κ3) is 2.73. The second-order valence-corrected chi connectivity index (χ2v) is 5.73. The fraction of sp³-hybridized carbons (Fsp3) is 0.571. The second-order valence-electron chi connectivity index (χ2n) is 5.73. The summed E-state index contributed by atoms with van der Waals surface area (Å²) >= 11 is 0. The van der Waals surface area contributed by atoms with Crippen LogP contribution in [0.5, 0.6) is 0 Å². The molecule has 1 fully saturated rings. The first-order valence-corrected chi connectivity index (χ1v) is 7.22. The number of hydrogen-bond acceptors (Lipinski definition) is 5. The molecule has 2 aromatic rings. The zero-order valence-corrected chi connectivity index (χ0v) is 12.3. The smallest absolute Gasteiger partial charge is 0.258 e. The van der Waals surface area contributed by atoms with Gasteiger partial charge in [0.05, 0.1) is 24.8 Å². The lowest BCUT2D eigenvalue weighted by Crippen LogP contribution is -2.49. The Bertz CT molecular complexity index is 639. The van der Waals surface area contributed by atoms with Crippen LogP contribution in [0.3, 0.4) is 0 Å². The Morgan fingerprint density at radius 2 is 2.38 bits per heavy atom. The molecule has 1 aliphatic heterocycles. The van der Waals surface area contributed by atoms with Gasteiger partial charge in [-0.05, 0) is 34.9 Å². The Labute approximate surface area is 122 Å². The summed E-state index contributed by atoms with van der Waals surface area (Å²) in [6.07, 6.45) is 2.66. The van der Waals surface area contributed by atoms with Crippen LogP contribution in [0.15, 0.2) is 18.3 Å². The van der Waals surface area contributed by atoms with E-state index in [1.54, 1.807) is 18.3 Å². The number of ether oxygens (including phenoxy) is 1. The van der Waals surface area contributed by atoms with Crippen molar-refractivity contribution in [1.29, 1.82) is 0 Å². The maximum Gasteiger partial charge on any atom is 0.258 e. The van der Waals surface area contributed by atoms with Gasteiger partial charge in [0.2, 0.25) is 0 Å². The predicted molar refractivity (Wildman–Crippen MR) is 75.9 cm³/mol. The van der Waals surface area contributed by atoms with Gasteiger partial charge in [-0.25, -0.2) is 0 Å². The average molecular weight is 289 g/mol. The SMILES string of the molecule is CC(C)C[C@H]1COCCN1C(=O)c1cccn2nnnc12. The van der Waals surface area contributed by atoms with Crippen molar-refractivity contribution < 1.29 is 9.53 Å². The van der Waals surface area contributed by atoms with Gasteiger partial charge in [0, 0.05) is 12.7 Å². The van der Waals surface area contributed by atoms with Crippen LogP contribution in [0.1, 0.15) is 30.6 Å². The van der Waals surface area contributed by atoms with Crippen molar-refractivity contribution >= 4 is 11.6 Å². The number of pyridine rings is 1. The molecule has 1 amide bonds. The van der Waals surface area contributed by atoms with Gasteiger partial charge in [0.25, 0.3) is 5.91 Å². The van der Waals surface area contributed by atoms with Crippen LogP contribution in [0.4, 0.5) is 0 Å². The van der Waals surface area contributed by atoms with Crippen molar-refractivity contribution in [2.75, 3.05) is 19.8 Å². The quantitative estimate of drug-likeness (QED) is 0.843. The molecule has 3 rings (SSSR count). The third-order valence-electron chi connectivity index (χ3n) is 3.69. The average Bonchev–Trinajstić information content (AvgIpc) is 2.95. The number of rotatable bonds is 3. The highest BCUT2D eigenvalue weighted by molar-refractivity contribution is 5.99. The van der Waals surface area contributed by atoms with Crippen LogP contribution in [-0.2, 0) is 4.74 Å². The fourth-order valence-electron chi connectivity index (χ4n) is 2.75. The van der Waals surface area contributed by atoms with Crippen LogP contribution in [0.25, 0.3) is 5.65 Å². The molecule has 0 bridgehead atoms. The number of carbonyl (C=O) groups is 1. The predicted octanol–water partition coefficient (Wildman–Crippen LogP) is 1.01. The maximum absolute atomic E-state index is 12.9. The Morgan fingerprint density at radius 3 is 3.19 bits per heavy atom. The summed E-state index contributed by atoms with van der Waals surface area (Å²) in [7, 11) is 0. The van der Waals surface area contributed by atoms with Gasteiger partial charge in [-0.15, -0.1) is 5.10 Å². The Balaban J connectivity index is 1.90. The largest absolute Gasteiger partial charge is 0.377 e. The fourth-order valence-corrected chi connectivity index (χ4v) is 2.75. The lowest BCUT2D eigenvalue weighted by Gasteiger charge is -2.36. The summed E-state index contributed by atoms with van der Waals surface area (Å²) in [4.78, 5) is 14.8. The molecule has 1 atom stereocenters. The van der Waals surface area contributed by atoms with Crippen LogP contribution in [0.2, 0.25) is 0 Å². The first-order valence-electron chi connectivity index (χ1n) is 7.22. The third-order valence-corrected chi connectivity index (χ3v) is 3.69. The molecule has 0 aliphatic carbocycles. The van der Waals surface area contributed by atoms with Gasteiger partial charge in [-0.2, -0.15) is 4.52 Å². The van der Waals surface area contributed by atoms with Gasteiger partial charge in [0.1, 0.15) is 0 Å². The van der Waals surface area contributed by atoms with E-state index in [1.807, 2.05) is 4.90 Å². The van der Waals surface area contributed by atoms with Crippen LogP contribution in [-0.4, -0.2) is 56.6 Å². The van der Waals surface area contributed by atoms with Crippen LogP contribution < -0.4 is 0 Å². The number of tetrazole rings is 1. The van der Waals surface area contributed by atoms with Crippen molar-refractivity contribution in [3.63, 3.8) is 0 Å². The molecule has 2 aromatic heterocycles. The molecule has 1 aliphatic rings. The molecular weight excluding hydrogens is 270 g/mol. The molecule has 112 valence electrons. The topological polar surface area (TPSA) is 72.6 Å². The first kappa shape index (κ1) is 13.9. The second kappa shape index (κ2) is 5.77. The lowest BCUT2D eigenvalue weighted by atomic mass is 10.0. The van der Waals surface area contributed by atoms with Crippen molar-refractivity contribution in [2.45, 2.75) is 26.3 Å². The summed E-state index contributed by atoms with van der Waals surface area (Å²) < 4.78 is 7.05.